The van der Waals surface area contributed by atoms with Gasteiger partial charge in [0.25, 0.3) is 0 Å². The van der Waals surface area contributed by atoms with Gasteiger partial charge in [0.15, 0.2) is 0 Å². The maximum atomic E-state index is 11.3. The van der Waals surface area contributed by atoms with Crippen LogP contribution in [0.3, 0.4) is 0 Å². The third-order valence-corrected chi connectivity index (χ3v) is 4.19. The average molecular weight is 264 g/mol. The molecule has 4 nitrogen and oxygen atoms in total. The van der Waals surface area contributed by atoms with Crippen LogP contribution in [0, 0.1) is 0 Å². The van der Waals surface area contributed by atoms with E-state index < -0.39 is 0 Å². The number of carbonyl (C=O) groups excluding carboxylic acids is 1. The van der Waals surface area contributed by atoms with Crippen LogP contribution in [0.4, 0.5) is 5.69 Å². The first-order chi connectivity index (χ1) is 8.22. The Balaban J connectivity index is 2.06. The van der Waals surface area contributed by atoms with Gasteiger partial charge in [0.1, 0.15) is 0 Å². The summed E-state index contributed by atoms with van der Waals surface area (Å²) in [5.41, 5.74) is 2.51. The fourth-order valence-electron chi connectivity index (χ4n) is 1.67. The molecule has 1 amide bonds. The van der Waals surface area contributed by atoms with E-state index in [1.54, 1.807) is 5.38 Å². The van der Waals surface area contributed by atoms with Gasteiger partial charge in [-0.3, -0.25) is 9.59 Å². The minimum atomic E-state index is -0.0730. The highest BCUT2D eigenvalue weighted by atomic mass is 32.2. The molecule has 0 bridgehead atoms. The van der Waals surface area contributed by atoms with Gasteiger partial charge in [-0.15, -0.1) is 11.8 Å². The van der Waals surface area contributed by atoms with Crippen LogP contribution in [0.2, 0.25) is 0 Å². The zero-order valence-electron chi connectivity index (χ0n) is 8.65. The Bertz CT molecular complexity index is 645. The summed E-state index contributed by atoms with van der Waals surface area (Å²) in [5.74, 6) is 0.472. The van der Waals surface area contributed by atoms with Crippen LogP contribution >= 0.6 is 23.1 Å². The Morgan fingerprint density at radius 2 is 2.12 bits per heavy atom. The molecule has 1 aliphatic rings. The number of hydrogen-bond donors (Lipinski definition) is 2. The van der Waals surface area contributed by atoms with Gasteiger partial charge in [0, 0.05) is 15.8 Å². The van der Waals surface area contributed by atoms with Crippen molar-refractivity contribution in [1.82, 2.24) is 4.98 Å². The lowest BCUT2D eigenvalue weighted by molar-refractivity contribution is -0.113. The molecule has 3 rings (SSSR count). The van der Waals surface area contributed by atoms with Crippen LogP contribution in [0.25, 0.3) is 11.3 Å². The summed E-state index contributed by atoms with van der Waals surface area (Å²) in [6.07, 6.45) is 0. The van der Waals surface area contributed by atoms with E-state index >= 15 is 0 Å². The van der Waals surface area contributed by atoms with Gasteiger partial charge >= 0.3 is 4.87 Å². The number of carbonyl (C=O) groups is 1. The molecule has 0 aliphatic carbocycles. The van der Waals surface area contributed by atoms with Gasteiger partial charge < -0.3 is 10.3 Å². The van der Waals surface area contributed by atoms with Crippen LogP contribution in [0.15, 0.2) is 33.3 Å². The monoisotopic (exact) mass is 264 g/mol. The van der Waals surface area contributed by atoms with E-state index in [1.807, 2.05) is 18.2 Å². The third-order valence-electron chi connectivity index (χ3n) is 2.44. The summed E-state index contributed by atoms with van der Waals surface area (Å²) in [4.78, 5) is 26.1. The fraction of sp³-hybridized carbons (Fsp3) is 0.0909. The van der Waals surface area contributed by atoms with Gasteiger partial charge in [0.05, 0.1) is 17.1 Å². The topological polar surface area (TPSA) is 62.0 Å². The highest BCUT2D eigenvalue weighted by Gasteiger charge is 2.15. The number of amides is 1. The summed E-state index contributed by atoms with van der Waals surface area (Å²) >= 11 is 2.66. The number of thiazole rings is 1. The molecule has 2 N–H and O–H groups in total. The first-order valence-corrected chi connectivity index (χ1v) is 6.84. The van der Waals surface area contributed by atoms with Crippen molar-refractivity contribution in [3.05, 3.63) is 33.2 Å². The van der Waals surface area contributed by atoms with Crippen molar-refractivity contribution in [2.45, 2.75) is 4.90 Å². The largest absolute Gasteiger partial charge is 0.324 e. The van der Waals surface area contributed by atoms with Crippen LogP contribution in [0.1, 0.15) is 0 Å². The quantitative estimate of drug-likeness (QED) is 0.829. The first-order valence-electron chi connectivity index (χ1n) is 4.97. The number of aromatic nitrogens is 1. The molecule has 17 heavy (non-hydrogen) atoms. The van der Waals surface area contributed by atoms with Crippen molar-refractivity contribution in [1.29, 1.82) is 0 Å². The summed E-state index contributed by atoms with van der Waals surface area (Å²) in [6.45, 7) is 0. The molecule has 0 spiro atoms. The van der Waals surface area contributed by atoms with E-state index in [2.05, 4.69) is 10.3 Å². The molecular weight excluding hydrogens is 256 g/mol. The summed E-state index contributed by atoms with van der Waals surface area (Å²) in [6, 6.07) is 5.80. The molecule has 6 heteroatoms. The smallest absolute Gasteiger partial charge is 0.304 e. The van der Waals surface area contributed by atoms with Crippen LogP contribution in [-0.4, -0.2) is 16.6 Å². The van der Waals surface area contributed by atoms with Gasteiger partial charge in [-0.1, -0.05) is 17.4 Å². The van der Waals surface area contributed by atoms with E-state index in [-0.39, 0.29) is 10.8 Å². The molecule has 2 aromatic rings. The van der Waals surface area contributed by atoms with Crippen molar-refractivity contribution >= 4 is 34.7 Å². The Labute approximate surface area is 105 Å². The standard InChI is InChI=1S/C11H8N2O2S2/c14-10-5-16-9-2-1-6(3-7(9)12-10)8-4-17-11(15)13-8/h1-4H,5H2,(H,12,14)(H,13,15). The van der Waals surface area contributed by atoms with Gasteiger partial charge in [-0.2, -0.15) is 0 Å². The zero-order valence-corrected chi connectivity index (χ0v) is 10.3. The van der Waals surface area contributed by atoms with Crippen molar-refractivity contribution in [2.24, 2.45) is 0 Å². The number of anilines is 1. The maximum absolute atomic E-state index is 11.3. The molecule has 0 radical (unpaired) electrons. The highest BCUT2D eigenvalue weighted by molar-refractivity contribution is 8.00. The zero-order chi connectivity index (χ0) is 11.8. The number of H-pyrrole nitrogens is 1. The normalized spacial score (nSPS) is 14.2. The van der Waals surface area contributed by atoms with Gasteiger partial charge in [0.2, 0.25) is 5.91 Å². The number of nitrogens with one attached hydrogen (secondary N) is 2. The summed E-state index contributed by atoms with van der Waals surface area (Å²) in [5, 5.41) is 4.61. The lowest BCUT2D eigenvalue weighted by Gasteiger charge is -2.16. The molecule has 0 fully saturated rings. The van der Waals surface area contributed by atoms with E-state index in [1.165, 1.54) is 11.8 Å². The molecule has 86 valence electrons. The Morgan fingerprint density at radius 1 is 1.24 bits per heavy atom. The molecule has 2 heterocycles. The van der Waals surface area contributed by atoms with Crippen molar-refractivity contribution in [2.75, 3.05) is 11.1 Å². The molecule has 0 atom stereocenters. The van der Waals surface area contributed by atoms with E-state index in [0.717, 1.165) is 33.2 Å². The summed E-state index contributed by atoms with van der Waals surface area (Å²) < 4.78 is 0. The predicted molar refractivity (Wildman–Crippen MR) is 69.7 cm³/mol. The molecule has 0 unspecified atom stereocenters. The minimum Gasteiger partial charge on any atom is -0.324 e. The lowest BCUT2D eigenvalue weighted by atomic mass is 10.1. The first kappa shape index (κ1) is 10.6. The van der Waals surface area contributed by atoms with Crippen molar-refractivity contribution in [3.63, 3.8) is 0 Å². The minimum absolute atomic E-state index is 0.0125. The number of fused-ring (bicyclic) bond motifs is 1. The average Bonchev–Trinajstić information content (AvgIpc) is 2.75. The second-order valence-corrected chi connectivity index (χ2v) is 5.47. The molecule has 0 saturated carbocycles. The van der Waals surface area contributed by atoms with E-state index in [0.29, 0.717) is 5.75 Å². The fourth-order valence-corrected chi connectivity index (χ4v) is 3.05. The van der Waals surface area contributed by atoms with E-state index in [9.17, 15) is 9.59 Å². The second-order valence-electron chi connectivity index (χ2n) is 3.61. The number of aromatic amines is 1. The number of benzene rings is 1. The van der Waals surface area contributed by atoms with Gasteiger partial charge in [-0.25, -0.2) is 0 Å². The highest BCUT2D eigenvalue weighted by Crippen LogP contribution is 2.34. The maximum Gasteiger partial charge on any atom is 0.304 e. The predicted octanol–water partition coefficient (Wildman–Crippen LogP) is 2.15. The molecule has 1 aromatic carbocycles. The SMILES string of the molecule is O=C1CSc2ccc(-c3csc(=O)[nH]3)cc2N1. The number of rotatable bonds is 1. The van der Waals surface area contributed by atoms with Crippen LogP contribution in [-0.2, 0) is 4.79 Å². The van der Waals surface area contributed by atoms with Crippen LogP contribution < -0.4 is 10.2 Å². The Morgan fingerprint density at radius 3 is 2.88 bits per heavy atom. The molecule has 1 aliphatic heterocycles. The van der Waals surface area contributed by atoms with E-state index in [4.69, 9.17) is 0 Å². The summed E-state index contributed by atoms with van der Waals surface area (Å²) in [7, 11) is 0. The lowest BCUT2D eigenvalue weighted by Crippen LogP contribution is -2.18. The number of thioether (sulfide) groups is 1. The van der Waals surface area contributed by atoms with Crippen molar-refractivity contribution in [3.8, 4) is 11.3 Å². The van der Waals surface area contributed by atoms with Crippen molar-refractivity contribution < 1.29 is 4.79 Å². The Hall–Kier alpha value is -1.53. The molecule has 1 aromatic heterocycles. The van der Waals surface area contributed by atoms with Gasteiger partial charge in [-0.05, 0) is 12.1 Å². The Kier molecular flexibility index (Phi) is 2.53. The molecule has 0 saturated heterocycles. The molecular formula is C11H8N2O2S2. The second kappa shape index (κ2) is 4.05. The number of hydrogen-bond acceptors (Lipinski definition) is 4. The van der Waals surface area contributed by atoms with Crippen LogP contribution in [0.5, 0.6) is 0 Å². The third kappa shape index (κ3) is 2.01.